The van der Waals surface area contributed by atoms with Gasteiger partial charge in [-0.2, -0.15) is 0 Å². The predicted octanol–water partition coefficient (Wildman–Crippen LogP) is 1.51. The number of hydrogen-bond acceptors (Lipinski definition) is 6. The maximum Gasteiger partial charge on any atom is 0.315 e. The second kappa shape index (κ2) is 6.84. The zero-order valence-electron chi connectivity index (χ0n) is 12.6. The molecule has 0 radical (unpaired) electrons. The molecule has 2 aromatic rings. The van der Waals surface area contributed by atoms with Gasteiger partial charge in [0.05, 0.1) is 13.7 Å². The van der Waals surface area contributed by atoms with Crippen molar-refractivity contribution in [1.29, 1.82) is 0 Å². The van der Waals surface area contributed by atoms with Crippen molar-refractivity contribution in [2.24, 2.45) is 0 Å². The summed E-state index contributed by atoms with van der Waals surface area (Å²) in [5.41, 5.74) is 0.276. The first-order valence-electron chi connectivity index (χ1n) is 6.84. The molecular weight excluding hydrogens is 286 g/mol. The van der Waals surface area contributed by atoms with Crippen molar-refractivity contribution in [3.8, 4) is 17.1 Å². The number of carbonyl (C=O) groups excluding carboxylic acids is 1. The summed E-state index contributed by atoms with van der Waals surface area (Å²) in [4.78, 5) is 26.4. The Morgan fingerprint density at radius 1 is 1.27 bits per heavy atom. The van der Waals surface area contributed by atoms with E-state index in [4.69, 9.17) is 9.47 Å². The van der Waals surface area contributed by atoms with Crippen molar-refractivity contribution in [2.45, 2.75) is 19.8 Å². The molecule has 0 fully saturated rings. The van der Waals surface area contributed by atoms with E-state index in [1.807, 2.05) is 0 Å². The summed E-state index contributed by atoms with van der Waals surface area (Å²) in [6.45, 7) is 3.51. The van der Waals surface area contributed by atoms with Crippen LogP contribution in [0.3, 0.4) is 0 Å². The number of methoxy groups -OCH3 is 1. The molecule has 0 aliphatic rings. The minimum Gasteiger partial charge on any atom is -0.497 e. The largest absolute Gasteiger partial charge is 0.497 e. The van der Waals surface area contributed by atoms with E-state index < -0.39 is 17.4 Å². The molecule has 116 valence electrons. The standard InChI is InChI=1S/C15H17N3O4/c1-4-22-15(20)9(2)12-14(19)16-13(18-17-12)10-5-7-11(21-3)8-6-10/h5-9H,4H2,1-3H3,(H,16,18,19)/t9-/m0/s1. The van der Waals surface area contributed by atoms with E-state index in [1.165, 1.54) is 0 Å². The number of benzene rings is 1. The normalized spacial score (nSPS) is 11.8. The number of esters is 1. The monoisotopic (exact) mass is 303 g/mol. The molecule has 0 unspecified atom stereocenters. The number of rotatable bonds is 5. The first-order chi connectivity index (χ1) is 10.6. The topological polar surface area (TPSA) is 94.2 Å². The Bertz CT molecular complexity index is 709. The van der Waals surface area contributed by atoms with E-state index >= 15 is 0 Å². The average Bonchev–Trinajstić information content (AvgIpc) is 2.54. The molecule has 7 heteroatoms. The molecule has 2 rings (SSSR count). The van der Waals surface area contributed by atoms with E-state index in [1.54, 1.807) is 45.2 Å². The van der Waals surface area contributed by atoms with Crippen molar-refractivity contribution >= 4 is 5.97 Å². The molecule has 0 saturated heterocycles. The maximum atomic E-state index is 12.1. The lowest BCUT2D eigenvalue weighted by Gasteiger charge is -2.09. The first kappa shape index (κ1) is 15.7. The molecule has 0 spiro atoms. The number of ether oxygens (including phenoxy) is 2. The Balaban J connectivity index is 2.29. The van der Waals surface area contributed by atoms with E-state index in [0.29, 0.717) is 17.1 Å². The molecule has 1 atom stereocenters. The highest BCUT2D eigenvalue weighted by molar-refractivity contribution is 5.76. The van der Waals surface area contributed by atoms with Crippen molar-refractivity contribution < 1.29 is 14.3 Å². The van der Waals surface area contributed by atoms with Gasteiger partial charge in [-0.05, 0) is 38.1 Å². The fourth-order valence-electron chi connectivity index (χ4n) is 1.89. The number of carbonyl (C=O) groups is 1. The zero-order valence-corrected chi connectivity index (χ0v) is 12.6. The van der Waals surface area contributed by atoms with Crippen LogP contribution in [0.25, 0.3) is 11.4 Å². The maximum absolute atomic E-state index is 12.1. The van der Waals surface area contributed by atoms with Crippen molar-refractivity contribution in [2.75, 3.05) is 13.7 Å². The second-order valence-electron chi connectivity index (χ2n) is 4.59. The fourth-order valence-corrected chi connectivity index (χ4v) is 1.89. The second-order valence-corrected chi connectivity index (χ2v) is 4.59. The van der Waals surface area contributed by atoms with Gasteiger partial charge in [-0.3, -0.25) is 9.59 Å². The summed E-state index contributed by atoms with van der Waals surface area (Å²) in [7, 11) is 1.57. The van der Waals surface area contributed by atoms with Crippen LogP contribution < -0.4 is 10.3 Å². The average molecular weight is 303 g/mol. The van der Waals surface area contributed by atoms with Gasteiger partial charge in [-0.15, -0.1) is 10.2 Å². The third kappa shape index (κ3) is 3.30. The lowest BCUT2D eigenvalue weighted by Crippen LogP contribution is -2.25. The number of nitrogens with zero attached hydrogens (tertiary/aromatic N) is 2. The number of nitrogens with one attached hydrogen (secondary N) is 1. The summed E-state index contributed by atoms with van der Waals surface area (Å²) in [6, 6.07) is 7.02. The Hall–Kier alpha value is -2.70. The molecular formula is C15H17N3O4. The number of aromatic amines is 1. The van der Waals surface area contributed by atoms with Gasteiger partial charge >= 0.3 is 5.97 Å². The quantitative estimate of drug-likeness (QED) is 0.841. The summed E-state index contributed by atoms with van der Waals surface area (Å²) in [5, 5.41) is 7.85. The van der Waals surface area contributed by atoms with Crippen LogP contribution in [0.4, 0.5) is 0 Å². The van der Waals surface area contributed by atoms with E-state index in [0.717, 1.165) is 0 Å². The smallest absolute Gasteiger partial charge is 0.315 e. The molecule has 1 aromatic heterocycles. The summed E-state index contributed by atoms with van der Waals surface area (Å²) in [5.74, 6) is -0.236. The Morgan fingerprint density at radius 2 is 1.95 bits per heavy atom. The van der Waals surface area contributed by atoms with Gasteiger partial charge in [0.2, 0.25) is 0 Å². The third-order valence-electron chi connectivity index (χ3n) is 3.14. The van der Waals surface area contributed by atoms with Crippen LogP contribution in [0.15, 0.2) is 29.1 Å². The molecule has 7 nitrogen and oxygen atoms in total. The van der Waals surface area contributed by atoms with E-state index in [9.17, 15) is 9.59 Å². The molecule has 1 aromatic carbocycles. The Morgan fingerprint density at radius 3 is 2.50 bits per heavy atom. The van der Waals surface area contributed by atoms with E-state index in [2.05, 4.69) is 15.2 Å². The molecule has 0 aliphatic heterocycles. The SMILES string of the molecule is CCOC(=O)[C@@H](C)c1nnc(-c2ccc(OC)cc2)[nH]c1=O. The predicted molar refractivity (Wildman–Crippen MR) is 79.7 cm³/mol. The van der Waals surface area contributed by atoms with Gasteiger partial charge in [0.15, 0.2) is 5.82 Å². The minimum absolute atomic E-state index is 0.0377. The highest BCUT2D eigenvalue weighted by Crippen LogP contribution is 2.18. The van der Waals surface area contributed by atoms with Gasteiger partial charge in [0, 0.05) is 5.56 Å². The molecule has 0 aliphatic carbocycles. The van der Waals surface area contributed by atoms with E-state index in [-0.39, 0.29) is 12.3 Å². The molecule has 0 amide bonds. The van der Waals surface area contributed by atoms with Crippen LogP contribution in [0.5, 0.6) is 5.75 Å². The highest BCUT2D eigenvalue weighted by Gasteiger charge is 2.22. The fraction of sp³-hybridized carbons (Fsp3) is 0.333. The molecule has 22 heavy (non-hydrogen) atoms. The van der Waals surface area contributed by atoms with Crippen LogP contribution in [0.1, 0.15) is 25.5 Å². The van der Waals surface area contributed by atoms with Gasteiger partial charge in [-0.25, -0.2) is 0 Å². The van der Waals surface area contributed by atoms with Gasteiger partial charge in [0.1, 0.15) is 17.4 Å². The number of hydrogen-bond donors (Lipinski definition) is 1. The van der Waals surface area contributed by atoms with Crippen LogP contribution in [-0.2, 0) is 9.53 Å². The van der Waals surface area contributed by atoms with Crippen LogP contribution in [-0.4, -0.2) is 34.9 Å². The Kier molecular flexibility index (Phi) is 4.88. The lowest BCUT2D eigenvalue weighted by molar-refractivity contribution is -0.144. The molecule has 0 bridgehead atoms. The summed E-state index contributed by atoms with van der Waals surface area (Å²) >= 11 is 0. The summed E-state index contributed by atoms with van der Waals surface area (Å²) in [6.07, 6.45) is 0. The van der Waals surface area contributed by atoms with Gasteiger partial charge in [0.25, 0.3) is 5.56 Å². The van der Waals surface area contributed by atoms with Crippen molar-refractivity contribution in [3.05, 3.63) is 40.3 Å². The summed E-state index contributed by atoms with van der Waals surface area (Å²) < 4.78 is 9.95. The van der Waals surface area contributed by atoms with Crippen LogP contribution >= 0.6 is 0 Å². The van der Waals surface area contributed by atoms with Crippen LogP contribution in [0, 0.1) is 0 Å². The first-order valence-corrected chi connectivity index (χ1v) is 6.84. The number of H-pyrrole nitrogens is 1. The van der Waals surface area contributed by atoms with Gasteiger partial charge < -0.3 is 14.5 Å². The van der Waals surface area contributed by atoms with Crippen LogP contribution in [0.2, 0.25) is 0 Å². The van der Waals surface area contributed by atoms with Gasteiger partial charge in [-0.1, -0.05) is 0 Å². The molecule has 1 N–H and O–H groups in total. The van der Waals surface area contributed by atoms with Crippen molar-refractivity contribution in [1.82, 2.24) is 15.2 Å². The van der Waals surface area contributed by atoms with Crippen molar-refractivity contribution in [3.63, 3.8) is 0 Å². The molecule has 0 saturated carbocycles. The highest BCUT2D eigenvalue weighted by atomic mass is 16.5. The minimum atomic E-state index is -0.763. The number of aromatic nitrogens is 3. The molecule has 1 heterocycles. The Labute approximate surface area is 127 Å². The third-order valence-corrected chi connectivity index (χ3v) is 3.14. The zero-order chi connectivity index (χ0) is 16.1. The lowest BCUT2D eigenvalue weighted by atomic mass is 10.1.